The second-order valence-electron chi connectivity index (χ2n) is 5.47. The zero-order valence-electron chi connectivity index (χ0n) is 11.6. The minimum absolute atomic E-state index is 0.274. The van der Waals surface area contributed by atoms with E-state index in [0.717, 1.165) is 18.7 Å². The Morgan fingerprint density at radius 1 is 1.40 bits per heavy atom. The summed E-state index contributed by atoms with van der Waals surface area (Å²) in [6.07, 6.45) is 3.75. The third kappa shape index (κ3) is 2.45. The summed E-state index contributed by atoms with van der Waals surface area (Å²) in [5.74, 6) is 0.271. The number of nitrogens with one attached hydrogen (secondary N) is 1. The fourth-order valence-corrected chi connectivity index (χ4v) is 2.83. The van der Waals surface area contributed by atoms with Crippen molar-refractivity contribution in [1.29, 1.82) is 0 Å². The molecule has 5 heteroatoms. The van der Waals surface area contributed by atoms with E-state index in [9.17, 15) is 4.79 Å². The summed E-state index contributed by atoms with van der Waals surface area (Å²) in [7, 11) is 1.36. The van der Waals surface area contributed by atoms with Crippen molar-refractivity contribution in [3.8, 4) is 0 Å². The van der Waals surface area contributed by atoms with Crippen LogP contribution in [-0.2, 0) is 9.47 Å². The second kappa shape index (κ2) is 5.32. The van der Waals surface area contributed by atoms with Crippen LogP contribution in [0.15, 0.2) is 18.2 Å². The Balaban J connectivity index is 1.78. The molecule has 1 saturated carbocycles. The van der Waals surface area contributed by atoms with Crippen LogP contribution in [0.25, 0.3) is 0 Å². The van der Waals surface area contributed by atoms with Crippen LogP contribution in [0.4, 0.5) is 11.4 Å². The van der Waals surface area contributed by atoms with Gasteiger partial charge < -0.3 is 20.5 Å². The molecule has 3 rings (SSSR count). The van der Waals surface area contributed by atoms with Gasteiger partial charge in [0.05, 0.1) is 36.2 Å². The van der Waals surface area contributed by atoms with E-state index in [2.05, 4.69) is 5.32 Å². The van der Waals surface area contributed by atoms with E-state index in [1.54, 1.807) is 6.07 Å². The summed E-state index contributed by atoms with van der Waals surface area (Å²) >= 11 is 0. The van der Waals surface area contributed by atoms with Crippen LogP contribution in [0.1, 0.15) is 29.6 Å². The third-order valence-corrected chi connectivity index (χ3v) is 4.07. The van der Waals surface area contributed by atoms with Gasteiger partial charge in [0.2, 0.25) is 0 Å². The smallest absolute Gasteiger partial charge is 0.340 e. The number of esters is 1. The molecule has 2 aliphatic rings. The van der Waals surface area contributed by atoms with E-state index < -0.39 is 5.97 Å². The number of hydrogen-bond donors (Lipinski definition) is 2. The molecule has 5 nitrogen and oxygen atoms in total. The van der Waals surface area contributed by atoms with Gasteiger partial charge in [-0.1, -0.05) is 6.07 Å². The second-order valence-corrected chi connectivity index (χ2v) is 5.47. The van der Waals surface area contributed by atoms with E-state index in [1.807, 2.05) is 12.1 Å². The lowest BCUT2D eigenvalue weighted by atomic mass is 10.0. The molecule has 1 aromatic carbocycles. The number of nitrogen functional groups attached to an aromatic ring is 1. The highest BCUT2D eigenvalue weighted by molar-refractivity contribution is 5.98. The quantitative estimate of drug-likeness (QED) is 0.650. The average Bonchev–Trinajstić information content (AvgIpc) is 3.20. The van der Waals surface area contributed by atoms with E-state index in [-0.39, 0.29) is 12.1 Å². The Morgan fingerprint density at radius 2 is 2.20 bits per heavy atom. The molecule has 2 unspecified atom stereocenters. The van der Waals surface area contributed by atoms with Crippen molar-refractivity contribution in [1.82, 2.24) is 0 Å². The Bertz CT molecular complexity index is 514. The fourth-order valence-electron chi connectivity index (χ4n) is 2.83. The van der Waals surface area contributed by atoms with Gasteiger partial charge in [-0.2, -0.15) is 0 Å². The van der Waals surface area contributed by atoms with Gasteiger partial charge in [0.25, 0.3) is 0 Å². The van der Waals surface area contributed by atoms with Crippen LogP contribution < -0.4 is 11.1 Å². The molecule has 1 aliphatic heterocycles. The number of carbonyl (C=O) groups excluding carboxylic acids is 1. The predicted octanol–water partition coefficient (Wildman–Crippen LogP) is 2.03. The lowest BCUT2D eigenvalue weighted by Gasteiger charge is -2.22. The van der Waals surface area contributed by atoms with Gasteiger partial charge in [-0.25, -0.2) is 4.79 Å². The lowest BCUT2D eigenvalue weighted by molar-refractivity contribution is 0.0602. The topological polar surface area (TPSA) is 73.6 Å². The van der Waals surface area contributed by atoms with Crippen molar-refractivity contribution in [2.24, 2.45) is 5.92 Å². The predicted molar refractivity (Wildman–Crippen MR) is 76.7 cm³/mol. The Kier molecular flexibility index (Phi) is 3.53. The van der Waals surface area contributed by atoms with Gasteiger partial charge in [0, 0.05) is 6.61 Å². The third-order valence-electron chi connectivity index (χ3n) is 4.07. The zero-order valence-corrected chi connectivity index (χ0v) is 11.6. The molecule has 0 bridgehead atoms. The molecule has 20 heavy (non-hydrogen) atoms. The molecule has 0 radical (unpaired) electrons. The number of hydrogen-bond acceptors (Lipinski definition) is 5. The van der Waals surface area contributed by atoms with Crippen molar-refractivity contribution < 1.29 is 14.3 Å². The molecule has 108 valence electrons. The van der Waals surface area contributed by atoms with E-state index in [4.69, 9.17) is 15.2 Å². The summed E-state index contributed by atoms with van der Waals surface area (Å²) < 4.78 is 10.5. The maximum atomic E-state index is 11.7. The first-order valence-electron chi connectivity index (χ1n) is 7.05. The van der Waals surface area contributed by atoms with Crippen LogP contribution in [0.3, 0.4) is 0 Å². The molecule has 0 aromatic heterocycles. The van der Waals surface area contributed by atoms with Crippen LogP contribution in [0.2, 0.25) is 0 Å². The average molecular weight is 276 g/mol. The first-order chi connectivity index (χ1) is 9.70. The molecular weight excluding hydrogens is 256 g/mol. The maximum Gasteiger partial charge on any atom is 0.340 e. The summed E-state index contributed by atoms with van der Waals surface area (Å²) in [6.45, 7) is 0.787. The van der Waals surface area contributed by atoms with Gasteiger partial charge >= 0.3 is 5.97 Å². The summed E-state index contributed by atoms with van der Waals surface area (Å²) in [5.41, 5.74) is 7.70. The van der Waals surface area contributed by atoms with Crippen molar-refractivity contribution in [2.45, 2.75) is 31.4 Å². The van der Waals surface area contributed by atoms with Crippen molar-refractivity contribution in [3.05, 3.63) is 23.8 Å². The number of methoxy groups -OCH3 is 1. The molecular formula is C15H20N2O3. The number of anilines is 2. The molecule has 1 heterocycles. The van der Waals surface area contributed by atoms with E-state index in [1.165, 1.54) is 20.0 Å². The normalized spacial score (nSPS) is 25.4. The van der Waals surface area contributed by atoms with Crippen LogP contribution in [0, 0.1) is 5.92 Å². The van der Waals surface area contributed by atoms with Gasteiger partial charge in [-0.3, -0.25) is 0 Å². The Morgan fingerprint density at radius 3 is 2.90 bits per heavy atom. The fraction of sp³-hybridized carbons (Fsp3) is 0.533. The molecule has 2 atom stereocenters. The minimum atomic E-state index is -0.410. The van der Waals surface area contributed by atoms with Crippen LogP contribution in [-0.4, -0.2) is 31.8 Å². The molecule has 3 N–H and O–H groups in total. The summed E-state index contributed by atoms with van der Waals surface area (Å²) in [4.78, 5) is 11.7. The molecule has 2 fully saturated rings. The monoisotopic (exact) mass is 276 g/mol. The zero-order chi connectivity index (χ0) is 14.1. The number of rotatable bonds is 4. The van der Waals surface area contributed by atoms with Gasteiger partial charge in [0.1, 0.15) is 0 Å². The highest BCUT2D eigenvalue weighted by atomic mass is 16.5. The van der Waals surface area contributed by atoms with Crippen molar-refractivity contribution in [3.63, 3.8) is 0 Å². The van der Waals surface area contributed by atoms with Gasteiger partial charge in [-0.15, -0.1) is 0 Å². The SMILES string of the molecule is COC(=O)c1cccc(NC2CCOC2C2CC2)c1N. The Hall–Kier alpha value is -1.75. The molecule has 1 aliphatic carbocycles. The number of ether oxygens (including phenoxy) is 2. The van der Waals surface area contributed by atoms with Gasteiger partial charge in [-0.05, 0) is 37.3 Å². The van der Waals surface area contributed by atoms with Crippen LogP contribution >= 0.6 is 0 Å². The molecule has 1 saturated heterocycles. The highest BCUT2D eigenvalue weighted by Gasteiger charge is 2.40. The highest BCUT2D eigenvalue weighted by Crippen LogP contribution is 2.40. The summed E-state index contributed by atoms with van der Waals surface area (Å²) in [5, 5.41) is 3.44. The molecule has 0 spiro atoms. The van der Waals surface area contributed by atoms with Crippen molar-refractivity contribution >= 4 is 17.3 Å². The minimum Gasteiger partial charge on any atom is -0.465 e. The number of para-hydroxylation sites is 1. The molecule has 1 aromatic rings. The number of nitrogens with two attached hydrogens (primary N) is 1. The van der Waals surface area contributed by atoms with Gasteiger partial charge in [0.15, 0.2) is 0 Å². The van der Waals surface area contributed by atoms with Crippen molar-refractivity contribution in [2.75, 3.05) is 24.8 Å². The standard InChI is InChI=1S/C15H20N2O3/c1-19-15(18)10-3-2-4-11(13(10)16)17-12-7-8-20-14(12)9-5-6-9/h2-4,9,12,14,17H,5-8,16H2,1H3. The van der Waals surface area contributed by atoms with E-state index >= 15 is 0 Å². The summed E-state index contributed by atoms with van der Waals surface area (Å²) in [6, 6.07) is 5.66. The lowest BCUT2D eigenvalue weighted by Crippen LogP contribution is -2.31. The largest absolute Gasteiger partial charge is 0.465 e. The molecule has 0 amide bonds. The first kappa shape index (κ1) is 13.2. The Labute approximate surface area is 118 Å². The number of benzene rings is 1. The maximum absolute atomic E-state index is 11.7. The van der Waals surface area contributed by atoms with Crippen LogP contribution in [0.5, 0.6) is 0 Å². The number of carbonyl (C=O) groups is 1. The van der Waals surface area contributed by atoms with E-state index in [0.29, 0.717) is 17.2 Å². The first-order valence-corrected chi connectivity index (χ1v) is 7.05.